The number of carboxylic acids is 1. The molecule has 1 aliphatic carbocycles. The van der Waals surface area contributed by atoms with Crippen LogP contribution < -0.4 is 18.4 Å². The number of aromatic carboxylic acids is 1. The van der Waals surface area contributed by atoms with E-state index in [2.05, 4.69) is 39.8 Å². The van der Waals surface area contributed by atoms with Crippen molar-refractivity contribution in [1.29, 1.82) is 0 Å². The molecule has 1 aliphatic rings. The van der Waals surface area contributed by atoms with Crippen LogP contribution in [0, 0.1) is 0 Å². The third kappa shape index (κ3) is 5.55. The van der Waals surface area contributed by atoms with Crippen LogP contribution in [0.3, 0.4) is 0 Å². The van der Waals surface area contributed by atoms with Gasteiger partial charge >= 0.3 is 203 Å². The molecule has 7 heteroatoms. The summed E-state index contributed by atoms with van der Waals surface area (Å²) in [5, 5.41) is 9.32. The minimum atomic E-state index is -0.970. The number of hydrogen-bond acceptors (Lipinski definition) is 5. The predicted molar refractivity (Wildman–Crippen MR) is 130 cm³/mol. The Hall–Kier alpha value is -2.05. The Morgan fingerprint density at radius 2 is 1.76 bits per heavy atom. The minimum absolute atomic E-state index is 0.000483. The Balaban J connectivity index is 2.12. The van der Waals surface area contributed by atoms with Crippen LogP contribution in [0.4, 0.5) is 0 Å². The Labute approximate surface area is 202 Å². The monoisotopic (exact) mass is 522 g/mol. The van der Waals surface area contributed by atoms with Crippen molar-refractivity contribution in [2.24, 2.45) is 0 Å². The standard InChI is InChI=1S/C26H34O6Se/c1-8-31-24(30-7)32-20-15-17(14-18-22(20)26(4,5)12-11-25(18,2)3)33-21-10-9-16(23(27)28)13-19(21)29-6/h9-10,13-15,24H,8,11-12H2,1-7H3,(H,27,28). The van der Waals surface area contributed by atoms with Crippen molar-refractivity contribution < 1.29 is 28.8 Å². The molecule has 180 valence electrons. The Morgan fingerprint density at radius 3 is 2.36 bits per heavy atom. The molecule has 0 aromatic heterocycles. The molecule has 33 heavy (non-hydrogen) atoms. The van der Waals surface area contributed by atoms with E-state index in [1.807, 2.05) is 13.0 Å². The van der Waals surface area contributed by atoms with E-state index in [0.717, 1.165) is 27.5 Å². The summed E-state index contributed by atoms with van der Waals surface area (Å²) in [5.74, 6) is 0.393. The van der Waals surface area contributed by atoms with E-state index in [1.54, 1.807) is 26.4 Å². The van der Waals surface area contributed by atoms with Gasteiger partial charge in [-0.1, -0.05) is 0 Å². The third-order valence-corrected chi connectivity index (χ3v) is 8.37. The van der Waals surface area contributed by atoms with Gasteiger partial charge in [0.25, 0.3) is 0 Å². The molecule has 0 heterocycles. The number of ether oxygens (including phenoxy) is 4. The van der Waals surface area contributed by atoms with Gasteiger partial charge in [-0.25, -0.2) is 0 Å². The molecule has 0 aliphatic heterocycles. The zero-order valence-electron chi connectivity index (χ0n) is 20.5. The first-order valence-corrected chi connectivity index (χ1v) is 12.8. The molecular formula is C26H34O6Se. The molecule has 2 aromatic rings. The van der Waals surface area contributed by atoms with Crippen molar-refractivity contribution in [3.63, 3.8) is 0 Å². The molecule has 0 spiro atoms. The van der Waals surface area contributed by atoms with Gasteiger partial charge in [-0.3, -0.25) is 0 Å². The molecule has 0 saturated heterocycles. The van der Waals surface area contributed by atoms with Gasteiger partial charge in [-0.2, -0.15) is 0 Å². The van der Waals surface area contributed by atoms with Crippen LogP contribution >= 0.6 is 0 Å². The van der Waals surface area contributed by atoms with Gasteiger partial charge < -0.3 is 0 Å². The van der Waals surface area contributed by atoms with Crippen molar-refractivity contribution in [1.82, 2.24) is 0 Å². The molecule has 0 amide bonds. The number of rotatable bonds is 9. The molecule has 6 nitrogen and oxygen atoms in total. The second kappa shape index (κ2) is 10.1. The van der Waals surface area contributed by atoms with E-state index in [-0.39, 0.29) is 31.4 Å². The predicted octanol–water partition coefficient (Wildman–Crippen LogP) is 3.74. The molecule has 0 saturated carbocycles. The van der Waals surface area contributed by atoms with Gasteiger partial charge in [-0.15, -0.1) is 0 Å². The summed E-state index contributed by atoms with van der Waals surface area (Å²) < 4.78 is 24.9. The van der Waals surface area contributed by atoms with Gasteiger partial charge in [-0.05, 0) is 0 Å². The van der Waals surface area contributed by atoms with Crippen LogP contribution in [-0.2, 0) is 20.3 Å². The van der Waals surface area contributed by atoms with Gasteiger partial charge in [0.1, 0.15) is 0 Å². The Bertz CT molecular complexity index is 1010. The van der Waals surface area contributed by atoms with Crippen LogP contribution in [0.5, 0.6) is 11.5 Å². The number of methoxy groups -OCH3 is 2. The van der Waals surface area contributed by atoms with Gasteiger partial charge in [0, 0.05) is 0 Å². The summed E-state index contributed by atoms with van der Waals surface area (Å²) in [4.78, 5) is 11.4. The molecule has 3 rings (SSSR count). The van der Waals surface area contributed by atoms with Crippen LogP contribution in [0.15, 0.2) is 30.3 Å². The number of carboxylic acid groups (broad SMARTS) is 1. The number of hydrogen-bond donors (Lipinski definition) is 1. The molecule has 1 N–H and O–H groups in total. The summed E-state index contributed by atoms with van der Waals surface area (Å²) in [7, 11) is 3.14. The van der Waals surface area contributed by atoms with E-state index in [1.165, 1.54) is 11.1 Å². The maximum absolute atomic E-state index is 11.4. The number of carbonyl (C=O) groups is 1. The molecule has 0 radical (unpaired) electrons. The van der Waals surface area contributed by atoms with E-state index in [4.69, 9.17) is 18.9 Å². The Kier molecular flexibility index (Phi) is 7.80. The van der Waals surface area contributed by atoms with Gasteiger partial charge in [0.15, 0.2) is 0 Å². The Morgan fingerprint density at radius 1 is 1.06 bits per heavy atom. The average Bonchev–Trinajstić information content (AvgIpc) is 2.76. The normalized spacial score (nSPS) is 17.2. The zero-order valence-corrected chi connectivity index (χ0v) is 22.2. The molecule has 1 atom stereocenters. The quantitative estimate of drug-likeness (QED) is 0.401. The van der Waals surface area contributed by atoms with Crippen LogP contribution in [0.2, 0.25) is 0 Å². The second-order valence-corrected chi connectivity index (χ2v) is 11.8. The van der Waals surface area contributed by atoms with E-state index >= 15 is 0 Å². The van der Waals surface area contributed by atoms with Gasteiger partial charge in [0.2, 0.25) is 0 Å². The SMILES string of the molecule is CCOC(OC)Oc1cc([Se]c2ccc(C(=O)O)cc2OC)cc2c1C(C)(C)CCC2(C)C. The van der Waals surface area contributed by atoms with Crippen molar-refractivity contribution in [3.05, 3.63) is 47.0 Å². The topological polar surface area (TPSA) is 74.2 Å². The fourth-order valence-electron chi connectivity index (χ4n) is 4.26. The number of fused-ring (bicyclic) bond motifs is 1. The summed E-state index contributed by atoms with van der Waals surface area (Å²) in [5.41, 5.74) is 2.65. The summed E-state index contributed by atoms with van der Waals surface area (Å²) in [6.07, 6.45) is 2.14. The fourth-order valence-corrected chi connectivity index (χ4v) is 6.31. The molecule has 2 aromatic carbocycles. The molecular weight excluding hydrogens is 487 g/mol. The summed E-state index contributed by atoms with van der Waals surface area (Å²) in [6.45, 7) is 10.7. The molecule has 0 fully saturated rings. The van der Waals surface area contributed by atoms with Gasteiger partial charge in [0.05, 0.1) is 0 Å². The second-order valence-electron chi connectivity index (χ2n) is 9.48. The summed E-state index contributed by atoms with van der Waals surface area (Å²) >= 11 is -0.124. The van der Waals surface area contributed by atoms with Crippen molar-refractivity contribution >= 4 is 29.8 Å². The average molecular weight is 522 g/mol. The number of benzene rings is 2. The van der Waals surface area contributed by atoms with Crippen LogP contribution in [0.25, 0.3) is 0 Å². The third-order valence-electron chi connectivity index (χ3n) is 6.21. The molecule has 0 bridgehead atoms. The van der Waals surface area contributed by atoms with E-state index in [0.29, 0.717) is 12.4 Å². The first-order valence-electron chi connectivity index (χ1n) is 11.1. The van der Waals surface area contributed by atoms with E-state index < -0.39 is 12.4 Å². The van der Waals surface area contributed by atoms with Crippen molar-refractivity contribution in [2.45, 2.75) is 64.8 Å². The van der Waals surface area contributed by atoms with Crippen molar-refractivity contribution in [2.75, 3.05) is 20.8 Å². The molecule has 1 unspecified atom stereocenters. The first kappa shape index (κ1) is 25.6. The van der Waals surface area contributed by atoms with Crippen LogP contribution in [0.1, 0.15) is 68.9 Å². The zero-order chi connectivity index (χ0) is 24.4. The van der Waals surface area contributed by atoms with Crippen LogP contribution in [-0.4, -0.2) is 53.3 Å². The first-order chi connectivity index (χ1) is 15.5. The van der Waals surface area contributed by atoms with E-state index in [9.17, 15) is 9.90 Å². The summed E-state index contributed by atoms with van der Waals surface area (Å²) in [6, 6.07) is 9.42. The fraction of sp³-hybridized carbons (Fsp3) is 0.500. The van der Waals surface area contributed by atoms with Crippen molar-refractivity contribution in [3.8, 4) is 11.5 Å². The maximum atomic E-state index is 11.4.